The van der Waals surface area contributed by atoms with Crippen molar-refractivity contribution in [3.05, 3.63) is 32.7 Å². The van der Waals surface area contributed by atoms with E-state index in [4.69, 9.17) is 0 Å². The molecule has 2 aromatic heterocycles. The van der Waals surface area contributed by atoms with Gasteiger partial charge >= 0.3 is 0 Å². The Balaban J connectivity index is 1.68. The number of nitrogens with zero attached hydrogens (tertiary/aromatic N) is 3. The first kappa shape index (κ1) is 19.9. The molecule has 1 atom stereocenters. The lowest BCUT2D eigenvalue weighted by Crippen LogP contribution is -2.45. The summed E-state index contributed by atoms with van der Waals surface area (Å²) in [5, 5.41) is 6.09. The van der Waals surface area contributed by atoms with Gasteiger partial charge in [-0.3, -0.25) is 9.59 Å². The Bertz CT molecular complexity index is 787. The van der Waals surface area contributed by atoms with Gasteiger partial charge in [0.2, 0.25) is 5.91 Å². The molecule has 146 valence electrons. The van der Waals surface area contributed by atoms with Gasteiger partial charge in [0.05, 0.1) is 17.2 Å². The van der Waals surface area contributed by atoms with Gasteiger partial charge in [-0.05, 0) is 25.7 Å². The summed E-state index contributed by atoms with van der Waals surface area (Å²) in [6.45, 7) is 9.00. The van der Waals surface area contributed by atoms with Crippen LogP contribution in [0.25, 0.3) is 0 Å². The molecular formula is C19H26N4O2S2. The Hall–Kier alpha value is -1.80. The van der Waals surface area contributed by atoms with Crippen LogP contribution in [-0.4, -0.2) is 39.8 Å². The highest BCUT2D eigenvalue weighted by atomic mass is 32.1. The molecule has 0 radical (unpaired) electrons. The van der Waals surface area contributed by atoms with E-state index in [1.54, 1.807) is 23.0 Å². The molecule has 0 unspecified atom stereocenters. The molecule has 0 aromatic carbocycles. The van der Waals surface area contributed by atoms with Gasteiger partial charge < -0.3 is 10.2 Å². The predicted molar refractivity (Wildman–Crippen MR) is 108 cm³/mol. The molecule has 8 heteroatoms. The second-order valence-electron chi connectivity index (χ2n) is 7.97. The highest BCUT2D eigenvalue weighted by Crippen LogP contribution is 2.33. The standard InChI is InChI=1S/C19H26N4O2S2/c1-12-15(27-11-21-12)17(24)23-8-5-13(6-9-23)14(16-20-7-10-26-16)22-18(25)19(2,3)4/h7,10-11,13-14H,5-6,8-9H2,1-4H3,(H,22,25)/t14-/m0/s1. The van der Waals surface area contributed by atoms with Crippen molar-refractivity contribution in [2.24, 2.45) is 11.3 Å². The third kappa shape index (κ3) is 4.55. The molecule has 1 saturated heterocycles. The molecule has 3 heterocycles. The first-order chi connectivity index (χ1) is 12.8. The number of rotatable bonds is 4. The molecule has 1 N–H and O–H groups in total. The highest BCUT2D eigenvalue weighted by Gasteiger charge is 2.34. The lowest BCUT2D eigenvalue weighted by molar-refractivity contribution is -0.129. The van der Waals surface area contributed by atoms with Crippen LogP contribution in [0.4, 0.5) is 0 Å². The Kier molecular flexibility index (Phi) is 5.95. The van der Waals surface area contributed by atoms with Crippen LogP contribution in [0.2, 0.25) is 0 Å². The summed E-state index contributed by atoms with van der Waals surface area (Å²) < 4.78 is 0. The molecule has 6 nitrogen and oxygen atoms in total. The third-order valence-corrected chi connectivity index (χ3v) is 6.70. The molecule has 0 aliphatic carbocycles. The van der Waals surface area contributed by atoms with Crippen LogP contribution in [0, 0.1) is 18.3 Å². The third-order valence-electron chi connectivity index (χ3n) is 4.92. The molecule has 0 saturated carbocycles. The largest absolute Gasteiger partial charge is 0.346 e. The van der Waals surface area contributed by atoms with Crippen LogP contribution in [-0.2, 0) is 4.79 Å². The molecule has 2 aromatic rings. The maximum absolute atomic E-state index is 12.7. The van der Waals surface area contributed by atoms with Crippen LogP contribution in [0.15, 0.2) is 17.1 Å². The Labute approximate surface area is 168 Å². The number of nitrogens with one attached hydrogen (secondary N) is 1. The lowest BCUT2D eigenvalue weighted by Gasteiger charge is -2.36. The van der Waals surface area contributed by atoms with Gasteiger partial charge in [0.15, 0.2) is 0 Å². The number of piperidine rings is 1. The van der Waals surface area contributed by atoms with Crippen LogP contribution >= 0.6 is 22.7 Å². The molecule has 2 amide bonds. The van der Waals surface area contributed by atoms with Crippen molar-refractivity contribution in [3.63, 3.8) is 0 Å². The fourth-order valence-electron chi connectivity index (χ4n) is 3.21. The van der Waals surface area contributed by atoms with Crippen LogP contribution in [0.1, 0.15) is 60.0 Å². The van der Waals surface area contributed by atoms with Crippen molar-refractivity contribution < 1.29 is 9.59 Å². The lowest BCUT2D eigenvalue weighted by atomic mass is 9.87. The van der Waals surface area contributed by atoms with E-state index in [9.17, 15) is 9.59 Å². The SMILES string of the molecule is Cc1ncsc1C(=O)N1CCC([C@H](NC(=O)C(C)(C)C)c2nccs2)CC1. The van der Waals surface area contributed by atoms with Crippen molar-refractivity contribution in [2.45, 2.75) is 46.6 Å². The van der Waals surface area contributed by atoms with E-state index < -0.39 is 5.41 Å². The first-order valence-corrected chi connectivity index (χ1v) is 10.9. The number of aryl methyl sites for hydroxylation is 1. The quantitative estimate of drug-likeness (QED) is 0.841. The summed E-state index contributed by atoms with van der Waals surface area (Å²) in [5.41, 5.74) is 2.07. The summed E-state index contributed by atoms with van der Waals surface area (Å²) in [6, 6.07) is -0.0980. The minimum atomic E-state index is -0.449. The Morgan fingerprint density at radius 3 is 2.44 bits per heavy atom. The van der Waals surface area contributed by atoms with E-state index in [2.05, 4.69) is 15.3 Å². The second kappa shape index (κ2) is 8.06. The first-order valence-electron chi connectivity index (χ1n) is 9.17. The number of amides is 2. The predicted octanol–water partition coefficient (Wildman–Crippen LogP) is 3.66. The van der Waals surface area contributed by atoms with Crippen molar-refractivity contribution in [2.75, 3.05) is 13.1 Å². The second-order valence-corrected chi connectivity index (χ2v) is 9.75. The van der Waals surface area contributed by atoms with Gasteiger partial charge in [-0.25, -0.2) is 9.97 Å². The van der Waals surface area contributed by atoms with E-state index in [-0.39, 0.29) is 23.8 Å². The van der Waals surface area contributed by atoms with E-state index in [1.807, 2.05) is 38.0 Å². The highest BCUT2D eigenvalue weighted by molar-refractivity contribution is 7.11. The average molecular weight is 407 g/mol. The van der Waals surface area contributed by atoms with Crippen LogP contribution in [0.5, 0.6) is 0 Å². The number of aromatic nitrogens is 2. The Morgan fingerprint density at radius 1 is 1.22 bits per heavy atom. The van der Waals surface area contributed by atoms with Crippen molar-refractivity contribution >= 4 is 34.5 Å². The molecule has 0 bridgehead atoms. The monoisotopic (exact) mass is 406 g/mol. The number of hydrogen-bond acceptors (Lipinski definition) is 6. The van der Waals surface area contributed by atoms with Gasteiger partial charge in [-0.1, -0.05) is 20.8 Å². The molecule has 1 fully saturated rings. The molecule has 27 heavy (non-hydrogen) atoms. The summed E-state index contributed by atoms with van der Waals surface area (Å²) in [5.74, 6) is 0.369. The zero-order valence-electron chi connectivity index (χ0n) is 16.2. The number of thiazole rings is 2. The fourth-order valence-corrected chi connectivity index (χ4v) is 4.76. The number of hydrogen-bond donors (Lipinski definition) is 1. The normalized spacial score (nSPS) is 17.0. The summed E-state index contributed by atoms with van der Waals surface area (Å²) in [6.07, 6.45) is 3.47. The molecular weight excluding hydrogens is 380 g/mol. The minimum absolute atomic E-state index is 0.0292. The van der Waals surface area contributed by atoms with Crippen molar-refractivity contribution in [1.82, 2.24) is 20.2 Å². The van der Waals surface area contributed by atoms with Gasteiger partial charge in [-0.2, -0.15) is 0 Å². The van der Waals surface area contributed by atoms with Crippen molar-refractivity contribution in [1.29, 1.82) is 0 Å². The number of likely N-dealkylation sites (tertiary alicyclic amines) is 1. The van der Waals surface area contributed by atoms with Gasteiger partial charge in [0.25, 0.3) is 5.91 Å². The molecule has 3 rings (SSSR count). The van der Waals surface area contributed by atoms with E-state index in [1.165, 1.54) is 11.3 Å². The van der Waals surface area contributed by atoms with Gasteiger partial charge in [-0.15, -0.1) is 22.7 Å². The van der Waals surface area contributed by atoms with Gasteiger partial charge in [0.1, 0.15) is 9.88 Å². The zero-order chi connectivity index (χ0) is 19.6. The summed E-state index contributed by atoms with van der Waals surface area (Å²) in [7, 11) is 0. The smallest absolute Gasteiger partial charge is 0.265 e. The number of carbonyl (C=O) groups excluding carboxylic acids is 2. The molecule has 1 aliphatic rings. The Morgan fingerprint density at radius 2 is 1.93 bits per heavy atom. The van der Waals surface area contributed by atoms with Crippen LogP contribution in [0.3, 0.4) is 0 Å². The van der Waals surface area contributed by atoms with Gasteiger partial charge in [0, 0.05) is 30.1 Å². The maximum Gasteiger partial charge on any atom is 0.265 e. The van der Waals surface area contributed by atoms with Crippen LogP contribution < -0.4 is 5.32 Å². The molecule has 1 aliphatic heterocycles. The van der Waals surface area contributed by atoms with E-state index in [0.29, 0.717) is 13.1 Å². The van der Waals surface area contributed by atoms with E-state index >= 15 is 0 Å². The summed E-state index contributed by atoms with van der Waals surface area (Å²) >= 11 is 2.97. The summed E-state index contributed by atoms with van der Waals surface area (Å²) in [4.78, 5) is 36.6. The fraction of sp³-hybridized carbons (Fsp3) is 0.579. The van der Waals surface area contributed by atoms with Crippen molar-refractivity contribution in [3.8, 4) is 0 Å². The zero-order valence-corrected chi connectivity index (χ0v) is 17.8. The molecule has 0 spiro atoms. The topological polar surface area (TPSA) is 75.2 Å². The maximum atomic E-state index is 12.7. The average Bonchev–Trinajstić information content (AvgIpc) is 3.30. The number of carbonyl (C=O) groups is 2. The van der Waals surface area contributed by atoms with E-state index in [0.717, 1.165) is 28.4 Å². The minimum Gasteiger partial charge on any atom is -0.346 e.